The summed E-state index contributed by atoms with van der Waals surface area (Å²) in [6.07, 6.45) is 1.40. The van der Waals surface area contributed by atoms with Crippen LogP contribution in [-0.2, 0) is 11.3 Å². The molecule has 2 aliphatic heterocycles. The standard InChI is InChI=1S/C16H21NO4/c1-16(15(18)19)4-6-17(7-5-16)11-12-2-3-13-14(10-12)21-9-8-20-13/h2-3,10H,4-9,11H2,1H3,(H,18,19). The van der Waals surface area contributed by atoms with Crippen LogP contribution in [0.4, 0.5) is 0 Å². The fraction of sp³-hybridized carbons (Fsp3) is 0.562. The molecule has 2 heterocycles. The van der Waals surface area contributed by atoms with E-state index >= 15 is 0 Å². The van der Waals surface area contributed by atoms with Crippen LogP contribution in [0.25, 0.3) is 0 Å². The molecule has 0 aromatic heterocycles. The molecule has 0 spiro atoms. The van der Waals surface area contributed by atoms with Crippen molar-refractivity contribution in [3.8, 4) is 11.5 Å². The van der Waals surface area contributed by atoms with Crippen molar-refractivity contribution in [1.29, 1.82) is 0 Å². The summed E-state index contributed by atoms with van der Waals surface area (Å²) in [6.45, 7) is 5.50. The summed E-state index contributed by atoms with van der Waals surface area (Å²) in [4.78, 5) is 13.6. The van der Waals surface area contributed by atoms with Gasteiger partial charge in [0.2, 0.25) is 0 Å². The number of carboxylic acids is 1. The molecule has 1 saturated heterocycles. The Balaban J connectivity index is 1.62. The van der Waals surface area contributed by atoms with Crippen LogP contribution >= 0.6 is 0 Å². The third-order valence-corrected chi connectivity index (χ3v) is 4.49. The molecular formula is C16H21NO4. The van der Waals surface area contributed by atoms with Gasteiger partial charge in [-0.3, -0.25) is 9.69 Å². The lowest BCUT2D eigenvalue weighted by Gasteiger charge is -2.36. The first kappa shape index (κ1) is 14.2. The van der Waals surface area contributed by atoms with E-state index in [4.69, 9.17) is 9.47 Å². The summed E-state index contributed by atoms with van der Waals surface area (Å²) in [5, 5.41) is 9.26. The molecule has 0 atom stereocenters. The maximum Gasteiger partial charge on any atom is 0.309 e. The molecule has 1 fully saturated rings. The Morgan fingerprint density at radius 1 is 1.24 bits per heavy atom. The molecule has 3 rings (SSSR count). The van der Waals surface area contributed by atoms with Crippen LogP contribution in [0.2, 0.25) is 0 Å². The third kappa shape index (κ3) is 2.97. The highest BCUT2D eigenvalue weighted by molar-refractivity contribution is 5.74. The third-order valence-electron chi connectivity index (χ3n) is 4.49. The van der Waals surface area contributed by atoms with E-state index in [9.17, 15) is 9.90 Å². The molecule has 0 saturated carbocycles. The first-order valence-electron chi connectivity index (χ1n) is 7.41. The summed E-state index contributed by atoms with van der Waals surface area (Å²) in [6, 6.07) is 6.03. The lowest BCUT2D eigenvalue weighted by atomic mass is 9.80. The van der Waals surface area contributed by atoms with E-state index in [0.717, 1.165) is 31.1 Å². The van der Waals surface area contributed by atoms with Crippen molar-refractivity contribution >= 4 is 5.97 Å². The monoisotopic (exact) mass is 291 g/mol. The molecule has 0 unspecified atom stereocenters. The summed E-state index contributed by atoms with van der Waals surface area (Å²) in [5.74, 6) is 0.940. The Kier molecular flexibility index (Phi) is 3.76. The fourth-order valence-electron chi connectivity index (χ4n) is 2.86. The van der Waals surface area contributed by atoms with Crippen LogP contribution in [0.15, 0.2) is 18.2 Å². The average molecular weight is 291 g/mol. The zero-order valence-corrected chi connectivity index (χ0v) is 12.3. The molecule has 5 nitrogen and oxygen atoms in total. The highest BCUT2D eigenvalue weighted by Gasteiger charge is 2.36. The Morgan fingerprint density at radius 2 is 1.90 bits per heavy atom. The minimum Gasteiger partial charge on any atom is -0.486 e. The number of fused-ring (bicyclic) bond motifs is 1. The molecule has 0 amide bonds. The predicted octanol–water partition coefficient (Wildman–Crippen LogP) is 2.14. The van der Waals surface area contributed by atoms with Crippen molar-refractivity contribution in [2.45, 2.75) is 26.3 Å². The number of hydrogen-bond donors (Lipinski definition) is 1. The second-order valence-electron chi connectivity index (χ2n) is 6.12. The molecule has 2 aliphatic rings. The number of aliphatic carboxylic acids is 1. The summed E-state index contributed by atoms with van der Waals surface area (Å²) >= 11 is 0. The number of likely N-dealkylation sites (tertiary alicyclic amines) is 1. The van der Waals surface area contributed by atoms with Crippen molar-refractivity contribution < 1.29 is 19.4 Å². The second kappa shape index (κ2) is 5.56. The van der Waals surface area contributed by atoms with Gasteiger partial charge in [-0.2, -0.15) is 0 Å². The van der Waals surface area contributed by atoms with Crippen LogP contribution in [-0.4, -0.2) is 42.3 Å². The quantitative estimate of drug-likeness (QED) is 0.924. The van der Waals surface area contributed by atoms with Crippen molar-refractivity contribution in [2.75, 3.05) is 26.3 Å². The molecule has 114 valence electrons. The zero-order valence-electron chi connectivity index (χ0n) is 12.3. The SMILES string of the molecule is CC1(C(=O)O)CCN(Cc2ccc3c(c2)OCCO3)CC1. The fourth-order valence-corrected chi connectivity index (χ4v) is 2.86. The number of hydrogen-bond acceptors (Lipinski definition) is 4. The minimum absolute atomic E-state index is 0.566. The molecule has 1 aromatic carbocycles. The number of benzene rings is 1. The van der Waals surface area contributed by atoms with E-state index < -0.39 is 11.4 Å². The first-order chi connectivity index (χ1) is 10.1. The molecule has 1 N–H and O–H groups in total. The minimum atomic E-state index is -0.679. The predicted molar refractivity (Wildman–Crippen MR) is 77.7 cm³/mol. The summed E-state index contributed by atoms with van der Waals surface area (Å²) in [7, 11) is 0. The molecule has 1 aromatic rings. The van der Waals surface area contributed by atoms with E-state index in [-0.39, 0.29) is 0 Å². The number of rotatable bonds is 3. The van der Waals surface area contributed by atoms with Gasteiger partial charge in [0.05, 0.1) is 5.41 Å². The van der Waals surface area contributed by atoms with Gasteiger partial charge >= 0.3 is 5.97 Å². The first-order valence-corrected chi connectivity index (χ1v) is 7.41. The van der Waals surface area contributed by atoms with E-state index in [0.29, 0.717) is 26.1 Å². The number of carboxylic acid groups (broad SMARTS) is 1. The normalized spacial score (nSPS) is 21.0. The van der Waals surface area contributed by atoms with Gasteiger partial charge in [0, 0.05) is 6.54 Å². The lowest BCUT2D eigenvalue weighted by Crippen LogP contribution is -2.42. The molecular weight excluding hydrogens is 270 g/mol. The van der Waals surface area contributed by atoms with Crippen molar-refractivity contribution in [3.63, 3.8) is 0 Å². The number of carbonyl (C=O) groups is 1. The van der Waals surface area contributed by atoms with Crippen LogP contribution < -0.4 is 9.47 Å². The highest BCUT2D eigenvalue weighted by atomic mass is 16.6. The topological polar surface area (TPSA) is 59.0 Å². The van der Waals surface area contributed by atoms with Gasteiger partial charge in [-0.25, -0.2) is 0 Å². The van der Waals surface area contributed by atoms with Gasteiger partial charge in [-0.15, -0.1) is 0 Å². The zero-order chi connectivity index (χ0) is 14.9. The molecule has 21 heavy (non-hydrogen) atoms. The van der Waals surface area contributed by atoms with E-state index in [1.54, 1.807) is 0 Å². The Labute approximate surface area is 124 Å². The number of ether oxygens (including phenoxy) is 2. The molecule has 5 heteroatoms. The maximum atomic E-state index is 11.3. The van der Waals surface area contributed by atoms with E-state index in [1.165, 1.54) is 5.56 Å². The van der Waals surface area contributed by atoms with Crippen LogP contribution in [0.3, 0.4) is 0 Å². The van der Waals surface area contributed by atoms with Gasteiger partial charge in [-0.1, -0.05) is 6.07 Å². The maximum absolute atomic E-state index is 11.3. The Bertz CT molecular complexity index is 535. The highest BCUT2D eigenvalue weighted by Crippen LogP contribution is 2.33. The van der Waals surface area contributed by atoms with E-state index in [1.807, 2.05) is 19.1 Å². The molecule has 0 aliphatic carbocycles. The Morgan fingerprint density at radius 3 is 2.57 bits per heavy atom. The molecule has 0 radical (unpaired) electrons. The van der Waals surface area contributed by atoms with Gasteiger partial charge in [0.15, 0.2) is 11.5 Å². The smallest absolute Gasteiger partial charge is 0.309 e. The number of piperidine rings is 1. The van der Waals surface area contributed by atoms with Gasteiger partial charge in [-0.05, 0) is 50.6 Å². The average Bonchev–Trinajstić information content (AvgIpc) is 2.49. The summed E-state index contributed by atoms with van der Waals surface area (Å²) in [5.41, 5.74) is 0.613. The largest absolute Gasteiger partial charge is 0.486 e. The lowest BCUT2D eigenvalue weighted by molar-refractivity contribution is -0.150. The number of nitrogens with zero attached hydrogens (tertiary/aromatic N) is 1. The van der Waals surface area contributed by atoms with Crippen LogP contribution in [0.5, 0.6) is 11.5 Å². The van der Waals surface area contributed by atoms with Crippen molar-refractivity contribution in [3.05, 3.63) is 23.8 Å². The summed E-state index contributed by atoms with van der Waals surface area (Å²) < 4.78 is 11.1. The van der Waals surface area contributed by atoms with Gasteiger partial charge < -0.3 is 14.6 Å². The van der Waals surface area contributed by atoms with Crippen molar-refractivity contribution in [1.82, 2.24) is 4.90 Å². The second-order valence-corrected chi connectivity index (χ2v) is 6.12. The van der Waals surface area contributed by atoms with Crippen LogP contribution in [0.1, 0.15) is 25.3 Å². The van der Waals surface area contributed by atoms with Crippen molar-refractivity contribution in [2.24, 2.45) is 5.41 Å². The van der Waals surface area contributed by atoms with Gasteiger partial charge in [0.1, 0.15) is 13.2 Å². The Hall–Kier alpha value is -1.75. The van der Waals surface area contributed by atoms with Gasteiger partial charge in [0.25, 0.3) is 0 Å². The van der Waals surface area contributed by atoms with E-state index in [2.05, 4.69) is 11.0 Å². The van der Waals surface area contributed by atoms with Crippen LogP contribution in [0, 0.1) is 5.41 Å². The molecule has 0 bridgehead atoms.